The minimum absolute atomic E-state index is 0.268. The number of amides is 1. The molecule has 7 heteroatoms. The van der Waals surface area contributed by atoms with Crippen LogP contribution in [0.5, 0.6) is 0 Å². The summed E-state index contributed by atoms with van der Waals surface area (Å²) in [6, 6.07) is 14.7. The van der Waals surface area contributed by atoms with Gasteiger partial charge in [-0.1, -0.05) is 43.3 Å². The van der Waals surface area contributed by atoms with Crippen molar-refractivity contribution in [3.8, 4) is 0 Å². The molecular formula is C22H30N2O3S2. The Labute approximate surface area is 178 Å². The summed E-state index contributed by atoms with van der Waals surface area (Å²) in [5.74, 6) is 1.38. The van der Waals surface area contributed by atoms with E-state index >= 15 is 0 Å². The van der Waals surface area contributed by atoms with Gasteiger partial charge >= 0.3 is 0 Å². The molecule has 5 nitrogen and oxygen atoms in total. The number of benzene rings is 2. The number of carbonyl (C=O) groups excluding carboxylic acids is 1. The highest BCUT2D eigenvalue weighted by atomic mass is 32.2. The van der Waals surface area contributed by atoms with Crippen molar-refractivity contribution in [1.29, 1.82) is 0 Å². The fraction of sp³-hybridized carbons (Fsp3) is 0.409. The van der Waals surface area contributed by atoms with E-state index in [1.807, 2.05) is 32.0 Å². The van der Waals surface area contributed by atoms with Gasteiger partial charge in [0.15, 0.2) is 0 Å². The summed E-state index contributed by atoms with van der Waals surface area (Å²) in [6.45, 7) is 6.31. The molecule has 0 spiro atoms. The van der Waals surface area contributed by atoms with Crippen molar-refractivity contribution in [1.82, 2.24) is 5.32 Å². The Hall–Kier alpha value is -1.99. The lowest BCUT2D eigenvalue weighted by Crippen LogP contribution is -2.49. The number of hydrogen-bond acceptors (Lipinski definition) is 4. The second-order valence-electron chi connectivity index (χ2n) is 7.09. The van der Waals surface area contributed by atoms with Gasteiger partial charge in [-0.25, -0.2) is 8.42 Å². The molecule has 0 aliphatic rings. The Morgan fingerprint density at radius 1 is 1.14 bits per heavy atom. The van der Waals surface area contributed by atoms with E-state index in [1.165, 1.54) is 15.4 Å². The molecule has 0 saturated heterocycles. The van der Waals surface area contributed by atoms with E-state index in [-0.39, 0.29) is 5.91 Å². The lowest BCUT2D eigenvalue weighted by Gasteiger charge is -2.30. The van der Waals surface area contributed by atoms with E-state index in [0.717, 1.165) is 23.3 Å². The van der Waals surface area contributed by atoms with Gasteiger partial charge < -0.3 is 5.32 Å². The van der Waals surface area contributed by atoms with Crippen molar-refractivity contribution in [3.05, 3.63) is 65.2 Å². The van der Waals surface area contributed by atoms with Crippen molar-refractivity contribution < 1.29 is 13.2 Å². The Morgan fingerprint density at radius 3 is 2.48 bits per heavy atom. The summed E-state index contributed by atoms with van der Waals surface area (Å²) < 4.78 is 26.1. The largest absolute Gasteiger partial charge is 0.353 e. The number of hydrogen-bond donors (Lipinski definition) is 1. The molecule has 1 N–H and O–H groups in total. The van der Waals surface area contributed by atoms with E-state index in [1.54, 1.807) is 30.0 Å². The highest BCUT2D eigenvalue weighted by Gasteiger charge is 2.31. The zero-order valence-electron chi connectivity index (χ0n) is 17.5. The van der Waals surface area contributed by atoms with Gasteiger partial charge in [-0.15, -0.1) is 0 Å². The fourth-order valence-electron chi connectivity index (χ4n) is 3.14. The normalized spacial score (nSPS) is 12.4. The maximum Gasteiger partial charge on any atom is 0.243 e. The number of aryl methyl sites for hydroxylation is 2. The molecule has 0 fully saturated rings. The van der Waals surface area contributed by atoms with Gasteiger partial charge in [-0.05, 0) is 49.1 Å². The monoisotopic (exact) mass is 434 g/mol. The fourth-order valence-corrected chi connectivity index (χ4v) is 5.28. The Kier molecular flexibility index (Phi) is 8.59. The van der Waals surface area contributed by atoms with Gasteiger partial charge in [-0.2, -0.15) is 11.8 Å². The van der Waals surface area contributed by atoms with Crippen molar-refractivity contribution >= 4 is 33.4 Å². The van der Waals surface area contributed by atoms with Gasteiger partial charge in [-0.3, -0.25) is 9.10 Å². The zero-order chi connectivity index (χ0) is 21.4. The second-order valence-corrected chi connectivity index (χ2v) is 10.1. The van der Waals surface area contributed by atoms with Gasteiger partial charge in [0.1, 0.15) is 6.04 Å². The number of sulfonamides is 1. The molecule has 0 aromatic heterocycles. The third kappa shape index (κ3) is 6.78. The maximum absolute atomic E-state index is 12.8. The quantitative estimate of drug-likeness (QED) is 0.576. The van der Waals surface area contributed by atoms with E-state index < -0.39 is 16.1 Å². The zero-order valence-corrected chi connectivity index (χ0v) is 19.1. The van der Waals surface area contributed by atoms with E-state index in [0.29, 0.717) is 18.7 Å². The molecule has 0 heterocycles. The summed E-state index contributed by atoms with van der Waals surface area (Å²) in [5, 5.41) is 2.91. The van der Waals surface area contributed by atoms with E-state index in [4.69, 9.17) is 0 Å². The third-order valence-electron chi connectivity index (χ3n) is 4.65. The van der Waals surface area contributed by atoms with Crippen molar-refractivity contribution in [2.75, 3.05) is 22.9 Å². The summed E-state index contributed by atoms with van der Waals surface area (Å²) >= 11 is 1.75. The molecule has 0 saturated carbocycles. The number of carbonyl (C=O) groups is 1. The van der Waals surface area contributed by atoms with Crippen molar-refractivity contribution in [2.45, 2.75) is 39.0 Å². The summed E-state index contributed by atoms with van der Waals surface area (Å²) in [7, 11) is -3.60. The molecule has 2 rings (SSSR count). The number of nitrogens with zero attached hydrogens (tertiary/aromatic N) is 1. The third-order valence-corrected chi connectivity index (χ3v) is 6.84. The van der Waals surface area contributed by atoms with Crippen LogP contribution < -0.4 is 9.62 Å². The molecule has 0 bridgehead atoms. The van der Waals surface area contributed by atoms with Gasteiger partial charge in [0, 0.05) is 18.1 Å². The minimum Gasteiger partial charge on any atom is -0.353 e. The van der Waals surface area contributed by atoms with Crippen LogP contribution in [0.25, 0.3) is 0 Å². The van der Waals surface area contributed by atoms with Gasteiger partial charge in [0.2, 0.25) is 15.9 Å². The van der Waals surface area contributed by atoms with E-state index in [2.05, 4.69) is 24.4 Å². The first kappa shape index (κ1) is 23.3. The molecule has 0 aliphatic heterocycles. The van der Waals surface area contributed by atoms with Crippen LogP contribution in [0.4, 0.5) is 5.69 Å². The smallest absolute Gasteiger partial charge is 0.243 e. The minimum atomic E-state index is -3.60. The van der Waals surface area contributed by atoms with Crippen LogP contribution in [0.1, 0.15) is 30.0 Å². The Bertz CT molecular complexity index is 929. The van der Waals surface area contributed by atoms with Crippen LogP contribution >= 0.6 is 11.8 Å². The van der Waals surface area contributed by atoms with Crippen LogP contribution in [0.3, 0.4) is 0 Å². The molecule has 158 valence electrons. The highest BCUT2D eigenvalue weighted by molar-refractivity contribution is 7.98. The molecule has 0 unspecified atom stereocenters. The molecule has 2 aromatic carbocycles. The van der Waals surface area contributed by atoms with Gasteiger partial charge in [0.05, 0.1) is 11.9 Å². The number of nitrogens with one attached hydrogen (secondary N) is 1. The van der Waals surface area contributed by atoms with Crippen LogP contribution in [0.2, 0.25) is 0 Å². The van der Waals surface area contributed by atoms with Crippen LogP contribution in [-0.2, 0) is 20.6 Å². The number of anilines is 1. The van der Waals surface area contributed by atoms with Crippen LogP contribution in [0, 0.1) is 13.8 Å². The number of rotatable bonds is 10. The lowest BCUT2D eigenvalue weighted by molar-refractivity contribution is -0.122. The van der Waals surface area contributed by atoms with E-state index in [9.17, 15) is 13.2 Å². The van der Waals surface area contributed by atoms with Gasteiger partial charge in [0.25, 0.3) is 0 Å². The highest BCUT2D eigenvalue weighted by Crippen LogP contribution is 2.23. The molecule has 2 aromatic rings. The van der Waals surface area contributed by atoms with Crippen molar-refractivity contribution in [2.24, 2.45) is 0 Å². The topological polar surface area (TPSA) is 66.5 Å². The predicted molar refractivity (Wildman–Crippen MR) is 123 cm³/mol. The Balaban J connectivity index is 1.98. The first-order valence-electron chi connectivity index (χ1n) is 9.70. The SMILES string of the molecule is CC[C@@H](C(=O)NCCSCc1ccccc1C)N(c1cccc(C)c1)S(C)(=O)=O. The van der Waals surface area contributed by atoms with Crippen LogP contribution in [-0.4, -0.2) is 38.9 Å². The van der Waals surface area contributed by atoms with Crippen LogP contribution in [0.15, 0.2) is 48.5 Å². The maximum atomic E-state index is 12.8. The second kappa shape index (κ2) is 10.7. The average Bonchev–Trinajstić information content (AvgIpc) is 2.65. The summed E-state index contributed by atoms with van der Waals surface area (Å²) in [5.41, 5.74) is 4.01. The molecule has 0 radical (unpaired) electrons. The molecule has 29 heavy (non-hydrogen) atoms. The first-order valence-corrected chi connectivity index (χ1v) is 12.7. The molecular weight excluding hydrogens is 404 g/mol. The standard InChI is InChI=1S/C22H30N2O3S2/c1-5-21(24(29(4,26)27)20-12-8-9-17(2)15-20)22(25)23-13-14-28-16-19-11-7-6-10-18(19)3/h6-12,15,21H,5,13-14,16H2,1-4H3,(H,23,25)/t21-/m0/s1. The number of thioether (sulfide) groups is 1. The average molecular weight is 435 g/mol. The van der Waals surface area contributed by atoms with Crippen molar-refractivity contribution in [3.63, 3.8) is 0 Å². The summed E-state index contributed by atoms with van der Waals surface area (Å²) in [6.07, 6.45) is 1.53. The first-order chi connectivity index (χ1) is 13.7. The lowest BCUT2D eigenvalue weighted by atomic mass is 10.1. The predicted octanol–water partition coefficient (Wildman–Crippen LogP) is 3.90. The molecule has 1 amide bonds. The Morgan fingerprint density at radius 2 is 1.86 bits per heavy atom. The molecule has 0 aliphatic carbocycles. The summed E-state index contributed by atoms with van der Waals surface area (Å²) in [4.78, 5) is 12.8. The molecule has 1 atom stereocenters.